The van der Waals surface area contributed by atoms with E-state index in [-0.39, 0.29) is 0 Å². The van der Waals surface area contributed by atoms with Gasteiger partial charge in [-0.05, 0) is 91.0 Å². The van der Waals surface area contributed by atoms with E-state index >= 15 is 0 Å². The number of nitrogens with zero attached hydrogens (tertiary/aromatic N) is 2. The molecule has 3 heteroatoms. The van der Waals surface area contributed by atoms with Crippen molar-refractivity contribution in [1.29, 1.82) is 0 Å². The number of furan rings is 1. The van der Waals surface area contributed by atoms with Crippen LogP contribution in [0.4, 0.5) is 0 Å². The predicted molar refractivity (Wildman–Crippen MR) is 253 cm³/mol. The predicted octanol–water partition coefficient (Wildman–Crippen LogP) is 15.1. The van der Waals surface area contributed by atoms with Crippen LogP contribution in [0.5, 0.6) is 0 Å². The Labute approximate surface area is 359 Å². The van der Waals surface area contributed by atoms with Crippen molar-refractivity contribution in [2.75, 3.05) is 0 Å². The van der Waals surface area contributed by atoms with E-state index in [1.807, 2.05) is 24.3 Å². The van der Waals surface area contributed by atoms with Crippen LogP contribution in [0.2, 0.25) is 0 Å². The van der Waals surface area contributed by atoms with Crippen molar-refractivity contribution < 1.29 is 4.42 Å². The van der Waals surface area contributed by atoms with Gasteiger partial charge in [-0.1, -0.05) is 194 Å². The van der Waals surface area contributed by atoms with Crippen LogP contribution in [0.1, 0.15) is 22.3 Å². The van der Waals surface area contributed by atoms with Gasteiger partial charge in [0.2, 0.25) is 0 Å². The fourth-order valence-electron chi connectivity index (χ4n) is 10.6. The lowest BCUT2D eigenvalue weighted by molar-refractivity contribution is 0.669. The maximum Gasteiger partial charge on any atom is 0.161 e. The summed E-state index contributed by atoms with van der Waals surface area (Å²) in [5.41, 5.74) is 20.5. The molecule has 0 saturated carbocycles. The first-order chi connectivity index (χ1) is 30.8. The molecule has 0 amide bonds. The average molecular weight is 789 g/mol. The molecule has 11 aromatic rings. The third-order valence-corrected chi connectivity index (χ3v) is 13.2. The standard InChI is InChI=1S/C59H36N2O/c1-2-17-37(18-3-1)39-19-4-7-25-46(39)54-36-53(60-58(61-54)48-27-16-32-56-57(48)47-26-11-15-31-55(47)62-56)38-33-34-45-41-21-6-5-20-40(41)42-22-8-12-28-49(42)59(52(45)35-38)50-29-13-9-23-43(50)44-24-10-14-30-51(44)59/h1-36H. The Hall–Kier alpha value is -8.14. The normalized spacial score (nSPS) is 13.0. The Morgan fingerprint density at radius 1 is 0.306 bits per heavy atom. The van der Waals surface area contributed by atoms with Crippen LogP contribution < -0.4 is 0 Å². The SMILES string of the molecule is c1ccc(-c2ccccc2-c2cc(-c3ccc4c(c3)C3(c5ccccc5-c5ccccc5-4)c4ccccc4-c4ccccc43)nc(-c3cccc4oc5ccccc5c34)n2)cc1. The molecule has 9 aromatic carbocycles. The molecule has 0 radical (unpaired) electrons. The minimum atomic E-state index is -0.603. The average Bonchev–Trinajstić information content (AvgIpc) is 3.85. The number of rotatable bonds is 4. The monoisotopic (exact) mass is 788 g/mol. The van der Waals surface area contributed by atoms with Gasteiger partial charge in [-0.2, -0.15) is 0 Å². The van der Waals surface area contributed by atoms with Crippen molar-refractivity contribution in [2.45, 2.75) is 5.41 Å². The van der Waals surface area contributed by atoms with Gasteiger partial charge in [0.05, 0.1) is 16.8 Å². The number of aromatic nitrogens is 2. The lowest BCUT2D eigenvalue weighted by Crippen LogP contribution is -2.29. The summed E-state index contributed by atoms with van der Waals surface area (Å²) >= 11 is 0. The molecular formula is C59H36N2O. The molecule has 2 heterocycles. The van der Waals surface area contributed by atoms with Crippen molar-refractivity contribution >= 4 is 21.9 Å². The van der Waals surface area contributed by atoms with Gasteiger partial charge in [-0.15, -0.1) is 0 Å². The Balaban J connectivity index is 1.13. The molecule has 0 N–H and O–H groups in total. The maximum absolute atomic E-state index is 6.41. The molecule has 62 heavy (non-hydrogen) atoms. The smallest absolute Gasteiger partial charge is 0.161 e. The lowest BCUT2D eigenvalue weighted by Gasteiger charge is -2.35. The molecule has 2 aliphatic rings. The molecule has 288 valence electrons. The van der Waals surface area contributed by atoms with E-state index in [4.69, 9.17) is 14.4 Å². The second kappa shape index (κ2) is 13.4. The van der Waals surface area contributed by atoms with Crippen LogP contribution in [-0.2, 0) is 5.41 Å². The summed E-state index contributed by atoms with van der Waals surface area (Å²) in [7, 11) is 0. The number of hydrogen-bond acceptors (Lipinski definition) is 3. The first kappa shape index (κ1) is 34.7. The van der Waals surface area contributed by atoms with Gasteiger partial charge in [0.25, 0.3) is 0 Å². The molecule has 13 rings (SSSR count). The first-order valence-electron chi connectivity index (χ1n) is 21.2. The number of benzene rings is 9. The maximum atomic E-state index is 6.41. The quantitative estimate of drug-likeness (QED) is 0.178. The zero-order valence-corrected chi connectivity index (χ0v) is 33.6. The molecule has 2 aliphatic carbocycles. The Morgan fingerprint density at radius 3 is 1.50 bits per heavy atom. The lowest BCUT2D eigenvalue weighted by atomic mass is 9.65. The zero-order valence-electron chi connectivity index (χ0n) is 33.6. The van der Waals surface area contributed by atoms with Crippen molar-refractivity contribution in [3.05, 3.63) is 241 Å². The van der Waals surface area contributed by atoms with Gasteiger partial charge >= 0.3 is 0 Å². The van der Waals surface area contributed by atoms with E-state index in [1.165, 1.54) is 55.6 Å². The molecule has 2 aromatic heterocycles. The van der Waals surface area contributed by atoms with Gasteiger partial charge in [0.15, 0.2) is 5.82 Å². The van der Waals surface area contributed by atoms with Gasteiger partial charge in [-0.25, -0.2) is 9.97 Å². The van der Waals surface area contributed by atoms with Gasteiger partial charge in [0.1, 0.15) is 11.2 Å². The van der Waals surface area contributed by atoms with Crippen LogP contribution in [0, 0.1) is 0 Å². The molecule has 0 fully saturated rings. The summed E-state index contributed by atoms with van der Waals surface area (Å²) in [5.74, 6) is 0.648. The second-order valence-electron chi connectivity index (χ2n) is 16.3. The zero-order chi connectivity index (χ0) is 40.8. The molecule has 0 atom stereocenters. The highest BCUT2D eigenvalue weighted by Crippen LogP contribution is 2.61. The van der Waals surface area contributed by atoms with Crippen LogP contribution in [0.25, 0.3) is 100 Å². The van der Waals surface area contributed by atoms with E-state index in [0.29, 0.717) is 5.82 Å². The first-order valence-corrected chi connectivity index (χ1v) is 21.2. The largest absolute Gasteiger partial charge is 0.456 e. The molecule has 0 saturated heterocycles. The molecule has 0 aliphatic heterocycles. The van der Waals surface area contributed by atoms with Crippen LogP contribution in [0.15, 0.2) is 223 Å². The third-order valence-electron chi connectivity index (χ3n) is 13.2. The number of fused-ring (bicyclic) bond motifs is 15. The second-order valence-corrected chi connectivity index (χ2v) is 16.3. The van der Waals surface area contributed by atoms with E-state index in [9.17, 15) is 0 Å². The highest BCUT2D eigenvalue weighted by atomic mass is 16.3. The Bertz CT molecular complexity index is 3550. The van der Waals surface area contributed by atoms with Crippen molar-refractivity contribution in [2.24, 2.45) is 0 Å². The molecule has 0 unspecified atom stereocenters. The number of para-hydroxylation sites is 1. The van der Waals surface area contributed by atoms with Crippen molar-refractivity contribution in [3.63, 3.8) is 0 Å². The van der Waals surface area contributed by atoms with Gasteiger partial charge in [0, 0.05) is 27.5 Å². The van der Waals surface area contributed by atoms with Gasteiger partial charge < -0.3 is 4.42 Å². The van der Waals surface area contributed by atoms with Crippen molar-refractivity contribution in [3.8, 4) is 78.4 Å². The Kier molecular flexibility index (Phi) is 7.52. The minimum Gasteiger partial charge on any atom is -0.456 e. The Morgan fingerprint density at radius 2 is 0.806 bits per heavy atom. The highest BCUT2D eigenvalue weighted by molar-refractivity contribution is 6.12. The topological polar surface area (TPSA) is 38.9 Å². The summed E-state index contributed by atoms with van der Waals surface area (Å²) in [5, 5.41) is 2.05. The fraction of sp³-hybridized carbons (Fsp3) is 0.0169. The molecule has 0 bridgehead atoms. The molecule has 1 spiro atoms. The van der Waals surface area contributed by atoms with Gasteiger partial charge in [-0.3, -0.25) is 0 Å². The summed E-state index contributed by atoms with van der Waals surface area (Å²) in [6.45, 7) is 0. The van der Waals surface area contributed by atoms with E-state index in [0.717, 1.165) is 61.1 Å². The third kappa shape index (κ3) is 4.94. The van der Waals surface area contributed by atoms with Crippen LogP contribution in [-0.4, -0.2) is 9.97 Å². The summed E-state index contributed by atoms with van der Waals surface area (Å²) < 4.78 is 6.41. The minimum absolute atomic E-state index is 0.603. The highest BCUT2D eigenvalue weighted by Gasteiger charge is 2.49. The summed E-state index contributed by atoms with van der Waals surface area (Å²) in [6.07, 6.45) is 0. The molecular weight excluding hydrogens is 753 g/mol. The van der Waals surface area contributed by atoms with Crippen molar-refractivity contribution in [1.82, 2.24) is 9.97 Å². The van der Waals surface area contributed by atoms with E-state index < -0.39 is 5.41 Å². The van der Waals surface area contributed by atoms with E-state index in [2.05, 4.69) is 194 Å². The fourth-order valence-corrected chi connectivity index (χ4v) is 10.6. The summed E-state index contributed by atoms with van der Waals surface area (Å²) in [6, 6.07) is 78.7. The van der Waals surface area contributed by atoms with Crippen LogP contribution >= 0.6 is 0 Å². The van der Waals surface area contributed by atoms with E-state index in [1.54, 1.807) is 0 Å². The summed E-state index contributed by atoms with van der Waals surface area (Å²) in [4.78, 5) is 11.0. The molecule has 3 nitrogen and oxygen atoms in total. The number of hydrogen-bond donors (Lipinski definition) is 0. The van der Waals surface area contributed by atoms with Crippen LogP contribution in [0.3, 0.4) is 0 Å².